The second-order valence-corrected chi connectivity index (χ2v) is 6.30. The minimum atomic E-state index is -0.383. The summed E-state index contributed by atoms with van der Waals surface area (Å²) in [5, 5.41) is 14.2. The van der Waals surface area contributed by atoms with Crippen LogP contribution in [0.15, 0.2) is 56.3 Å². The van der Waals surface area contributed by atoms with E-state index in [2.05, 4.69) is 27.9 Å². The van der Waals surface area contributed by atoms with Gasteiger partial charge in [-0.3, -0.25) is 10.1 Å². The Morgan fingerprint density at radius 3 is 2.68 bits per heavy atom. The summed E-state index contributed by atoms with van der Waals surface area (Å²) in [6, 6.07) is 10.6. The molecule has 1 heterocycles. The van der Waals surface area contributed by atoms with E-state index in [0.717, 1.165) is 26.9 Å². The van der Waals surface area contributed by atoms with Gasteiger partial charge in [-0.1, -0.05) is 34.4 Å². The second kappa shape index (κ2) is 6.57. The Morgan fingerprint density at radius 1 is 1.23 bits per heavy atom. The quantitative estimate of drug-likeness (QED) is 0.358. The molecule has 7 heteroatoms. The molecule has 0 unspecified atom stereocenters. The number of hydrogen-bond donors (Lipinski definition) is 1. The zero-order valence-corrected chi connectivity index (χ0v) is 14.3. The molecule has 0 aromatic heterocycles. The van der Waals surface area contributed by atoms with E-state index in [0.29, 0.717) is 6.61 Å². The number of halogens is 1. The first-order valence-corrected chi connectivity index (χ1v) is 8.49. The van der Waals surface area contributed by atoms with Crippen LogP contribution >= 0.6 is 34.4 Å². The fraction of sp³-hybridized carbons (Fsp3) is 0.0667. The van der Waals surface area contributed by atoms with Crippen molar-refractivity contribution in [2.75, 3.05) is 11.9 Å². The molecule has 0 saturated carbocycles. The number of fused-ring (bicyclic) bond motifs is 2. The Labute approximate surface area is 145 Å². The van der Waals surface area contributed by atoms with Gasteiger partial charge in [0, 0.05) is 21.9 Å². The van der Waals surface area contributed by atoms with Gasteiger partial charge in [-0.2, -0.15) is 0 Å². The van der Waals surface area contributed by atoms with E-state index in [4.69, 9.17) is 4.74 Å². The lowest BCUT2D eigenvalue weighted by Gasteiger charge is -2.21. The van der Waals surface area contributed by atoms with Crippen LogP contribution in [0.25, 0.3) is 0 Å². The van der Waals surface area contributed by atoms with Gasteiger partial charge in [-0.25, -0.2) is 0 Å². The summed E-state index contributed by atoms with van der Waals surface area (Å²) < 4.78 is 7.53. The lowest BCUT2D eigenvalue weighted by atomic mass is 10.2. The van der Waals surface area contributed by atoms with E-state index in [-0.39, 0.29) is 10.6 Å². The summed E-state index contributed by atoms with van der Waals surface area (Å²) in [7, 11) is 0. The molecular formula is C15H11IN2O3S. The average Bonchev–Trinajstić information content (AvgIpc) is 2.52. The highest BCUT2D eigenvalue weighted by Crippen LogP contribution is 2.46. The van der Waals surface area contributed by atoms with Crippen molar-refractivity contribution in [2.45, 2.75) is 9.79 Å². The number of nitro groups is 1. The van der Waals surface area contributed by atoms with Crippen LogP contribution in [0.4, 0.5) is 17.1 Å². The van der Waals surface area contributed by atoms with Gasteiger partial charge >= 0.3 is 0 Å². The molecular weight excluding hydrogens is 413 g/mol. The summed E-state index contributed by atoms with van der Waals surface area (Å²) in [6.45, 7) is 0.516. The molecule has 5 nitrogen and oxygen atoms in total. The summed E-state index contributed by atoms with van der Waals surface area (Å²) in [4.78, 5) is 12.3. The number of nitro benzene ring substituents is 1. The van der Waals surface area contributed by atoms with Crippen molar-refractivity contribution in [1.82, 2.24) is 0 Å². The third kappa shape index (κ3) is 3.20. The molecule has 1 aliphatic rings. The smallest absolute Gasteiger partial charge is 0.270 e. The number of anilines is 2. The van der Waals surface area contributed by atoms with Gasteiger partial charge < -0.3 is 10.1 Å². The lowest BCUT2D eigenvalue weighted by Crippen LogP contribution is -2.01. The third-order valence-corrected chi connectivity index (χ3v) is 4.68. The maximum atomic E-state index is 10.9. The van der Waals surface area contributed by atoms with Crippen molar-refractivity contribution in [2.24, 2.45) is 0 Å². The highest BCUT2D eigenvalue weighted by atomic mass is 125. The van der Waals surface area contributed by atoms with Crippen molar-refractivity contribution in [1.29, 1.82) is 0 Å². The van der Waals surface area contributed by atoms with Gasteiger partial charge in [0.2, 0.25) is 0 Å². The number of benzene rings is 2. The maximum Gasteiger partial charge on any atom is 0.270 e. The topological polar surface area (TPSA) is 64.4 Å². The molecule has 2 aromatic rings. The Morgan fingerprint density at radius 2 is 1.95 bits per heavy atom. The van der Waals surface area contributed by atoms with Gasteiger partial charge in [0.1, 0.15) is 12.4 Å². The van der Waals surface area contributed by atoms with Crippen molar-refractivity contribution in [3.8, 4) is 5.75 Å². The zero-order chi connectivity index (χ0) is 15.5. The SMILES string of the molecule is O=[N+]([O-])c1ccc2c(c1)Sc1cc(OC/C=C/[125I])ccc1N2. The standard InChI is InChI=1S/C15H11IN2O3S/c16-6-1-7-21-11-3-5-13-15(9-11)22-14-8-10(18(19)20)2-4-12(14)17-13/h1-6,8-9,17H,7H2/b6-1+/i16-2. The summed E-state index contributed by atoms with van der Waals surface area (Å²) in [6.07, 6.45) is 1.92. The maximum absolute atomic E-state index is 10.9. The van der Waals surface area contributed by atoms with Crippen molar-refractivity contribution in [3.63, 3.8) is 0 Å². The molecule has 3 rings (SSSR count). The Bertz CT molecular complexity index is 764. The lowest BCUT2D eigenvalue weighted by molar-refractivity contribution is -0.385. The highest BCUT2D eigenvalue weighted by molar-refractivity contribution is 14.1. The van der Waals surface area contributed by atoms with Crippen molar-refractivity contribution in [3.05, 3.63) is 56.7 Å². The molecule has 0 fully saturated rings. The van der Waals surface area contributed by atoms with E-state index in [1.807, 2.05) is 28.4 Å². The Kier molecular flexibility index (Phi) is 4.53. The number of non-ortho nitro benzene ring substituents is 1. The molecule has 0 spiro atoms. The Balaban J connectivity index is 1.86. The minimum absolute atomic E-state index is 0.0936. The van der Waals surface area contributed by atoms with Crippen LogP contribution in [0.5, 0.6) is 5.75 Å². The molecule has 0 amide bonds. The molecule has 0 saturated heterocycles. The molecule has 0 radical (unpaired) electrons. The van der Waals surface area contributed by atoms with Crippen LogP contribution in [0.3, 0.4) is 0 Å². The largest absolute Gasteiger partial charge is 0.489 e. The summed E-state index contributed by atoms with van der Waals surface area (Å²) in [5.74, 6) is 0.774. The number of hydrogen-bond acceptors (Lipinski definition) is 5. The Hall–Kier alpha value is -1.74. The minimum Gasteiger partial charge on any atom is -0.489 e. The molecule has 1 aliphatic heterocycles. The molecule has 22 heavy (non-hydrogen) atoms. The predicted octanol–water partition coefficient (Wildman–Crippen LogP) is 5.13. The van der Waals surface area contributed by atoms with Crippen molar-refractivity contribution < 1.29 is 9.66 Å². The van der Waals surface area contributed by atoms with Gasteiger partial charge in [0.05, 0.1) is 16.3 Å². The third-order valence-electron chi connectivity index (χ3n) is 3.05. The fourth-order valence-electron chi connectivity index (χ4n) is 2.04. The van der Waals surface area contributed by atoms with E-state index < -0.39 is 0 Å². The van der Waals surface area contributed by atoms with Crippen LogP contribution in [-0.2, 0) is 0 Å². The molecule has 112 valence electrons. The molecule has 2 aromatic carbocycles. The number of nitrogens with one attached hydrogen (secondary N) is 1. The first kappa shape index (κ1) is 15.2. The predicted molar refractivity (Wildman–Crippen MR) is 95.6 cm³/mol. The van der Waals surface area contributed by atoms with Gasteiger partial charge in [0.25, 0.3) is 5.69 Å². The van der Waals surface area contributed by atoms with Gasteiger partial charge in [-0.15, -0.1) is 0 Å². The summed E-state index contributed by atoms with van der Waals surface area (Å²) in [5.41, 5.74) is 1.95. The second-order valence-electron chi connectivity index (χ2n) is 4.50. The van der Waals surface area contributed by atoms with Crippen LogP contribution in [0.1, 0.15) is 0 Å². The van der Waals surface area contributed by atoms with E-state index in [1.165, 1.54) is 17.8 Å². The van der Waals surface area contributed by atoms with E-state index in [1.54, 1.807) is 12.1 Å². The number of ether oxygens (including phenoxy) is 1. The fourth-order valence-corrected chi connectivity index (χ4v) is 3.29. The van der Waals surface area contributed by atoms with Crippen LogP contribution < -0.4 is 10.1 Å². The monoisotopic (exact) mass is 424 g/mol. The number of rotatable bonds is 4. The first-order valence-electron chi connectivity index (χ1n) is 6.43. The van der Waals surface area contributed by atoms with Crippen LogP contribution in [-0.4, -0.2) is 11.5 Å². The molecule has 0 aliphatic carbocycles. The zero-order valence-electron chi connectivity index (χ0n) is 11.3. The molecule has 1 N–H and O–H groups in total. The van der Waals surface area contributed by atoms with Crippen LogP contribution in [0.2, 0.25) is 0 Å². The average molecular weight is 424 g/mol. The molecule has 0 atom stereocenters. The van der Waals surface area contributed by atoms with Gasteiger partial charge in [-0.05, 0) is 34.4 Å². The highest BCUT2D eigenvalue weighted by Gasteiger charge is 2.19. The van der Waals surface area contributed by atoms with Crippen molar-refractivity contribution >= 4 is 51.4 Å². The summed E-state index contributed by atoms with van der Waals surface area (Å²) >= 11 is 3.64. The van der Waals surface area contributed by atoms with E-state index in [9.17, 15) is 10.1 Å². The van der Waals surface area contributed by atoms with Crippen LogP contribution in [0, 0.1) is 10.1 Å². The normalized spacial score (nSPS) is 12.4. The van der Waals surface area contributed by atoms with Gasteiger partial charge in [0.15, 0.2) is 0 Å². The van der Waals surface area contributed by atoms with E-state index >= 15 is 0 Å². The first-order chi connectivity index (χ1) is 10.7. The molecule has 0 bridgehead atoms. The number of nitrogens with zero attached hydrogens (tertiary/aromatic N) is 1.